The van der Waals surface area contributed by atoms with E-state index in [4.69, 9.17) is 33.5 Å². The number of hydrogen-bond donors (Lipinski definition) is 1. The third kappa shape index (κ3) is 12.6. The molecule has 1 aliphatic heterocycles. The van der Waals surface area contributed by atoms with Crippen LogP contribution in [0.4, 0.5) is 0 Å². The first-order valence-corrected chi connectivity index (χ1v) is 13.5. The van der Waals surface area contributed by atoms with Gasteiger partial charge < -0.3 is 33.5 Å². The van der Waals surface area contributed by atoms with Crippen LogP contribution in [0.25, 0.3) is 0 Å². The van der Waals surface area contributed by atoms with Crippen molar-refractivity contribution in [3.8, 4) is 0 Å². The molecule has 226 valence electrons. The minimum atomic E-state index is -1.39. The summed E-state index contributed by atoms with van der Waals surface area (Å²) in [6, 6.07) is 0. The minimum Gasteiger partial charge on any atom is -0.478 e. The molecule has 1 heterocycles. The number of carboxylic acid groups (broad SMARTS) is 1. The molecule has 0 aliphatic carbocycles. The number of carboxylic acids is 1. The summed E-state index contributed by atoms with van der Waals surface area (Å²) in [5.74, 6) is -4.90. The Labute approximate surface area is 233 Å². The number of carbonyl (C=O) groups excluding carboxylic acids is 5. The van der Waals surface area contributed by atoms with Gasteiger partial charge in [0.25, 0.3) is 0 Å². The Morgan fingerprint density at radius 2 is 1.00 bits per heavy atom. The number of rotatable bonds is 17. The van der Waals surface area contributed by atoms with Gasteiger partial charge in [-0.15, -0.1) is 0 Å². The number of hydrogen-bond acceptors (Lipinski definition) is 12. The average molecular weight is 573 g/mol. The highest BCUT2D eigenvalue weighted by Crippen LogP contribution is 2.30. The van der Waals surface area contributed by atoms with E-state index in [1.165, 1.54) is 0 Å². The van der Waals surface area contributed by atoms with Crippen LogP contribution in [-0.2, 0) is 57.2 Å². The molecule has 1 rings (SSSR count). The van der Waals surface area contributed by atoms with Gasteiger partial charge in [0.2, 0.25) is 0 Å². The zero-order valence-electron chi connectivity index (χ0n) is 23.5. The van der Waals surface area contributed by atoms with Crippen LogP contribution in [0.1, 0.15) is 79.1 Å². The second-order valence-corrected chi connectivity index (χ2v) is 9.06. The van der Waals surface area contributed by atoms with Crippen LogP contribution in [0, 0.1) is 0 Å². The maximum absolute atomic E-state index is 12.6. The average Bonchev–Trinajstić information content (AvgIpc) is 2.88. The van der Waals surface area contributed by atoms with Crippen molar-refractivity contribution in [2.75, 3.05) is 13.2 Å². The van der Waals surface area contributed by atoms with Crippen LogP contribution < -0.4 is 0 Å². The van der Waals surface area contributed by atoms with Crippen molar-refractivity contribution in [1.82, 2.24) is 0 Å². The summed E-state index contributed by atoms with van der Waals surface area (Å²) >= 11 is 0. The Kier molecular flexibility index (Phi) is 16.2. The van der Waals surface area contributed by atoms with E-state index in [-0.39, 0.29) is 25.7 Å². The summed E-state index contributed by atoms with van der Waals surface area (Å²) in [5, 5.41) is 8.74. The smallest absolute Gasteiger partial charge is 0.331 e. The predicted octanol–water partition coefficient (Wildman–Crippen LogP) is 2.42. The number of ether oxygens (including phenoxy) is 6. The van der Waals surface area contributed by atoms with Crippen LogP contribution in [0.3, 0.4) is 0 Å². The molecule has 0 amide bonds. The summed E-state index contributed by atoms with van der Waals surface area (Å²) in [5.41, 5.74) is 0. The van der Waals surface area contributed by atoms with Gasteiger partial charge in [0.1, 0.15) is 25.4 Å². The van der Waals surface area contributed by atoms with Crippen molar-refractivity contribution >= 4 is 35.8 Å². The van der Waals surface area contributed by atoms with Gasteiger partial charge in [-0.05, 0) is 25.7 Å². The third-order valence-electron chi connectivity index (χ3n) is 5.51. The Hall–Kier alpha value is -3.48. The van der Waals surface area contributed by atoms with E-state index >= 15 is 0 Å². The third-order valence-corrected chi connectivity index (χ3v) is 5.51. The highest BCUT2D eigenvalue weighted by molar-refractivity contribution is 5.90. The van der Waals surface area contributed by atoms with Crippen molar-refractivity contribution in [3.63, 3.8) is 0 Å². The lowest BCUT2D eigenvalue weighted by Crippen LogP contribution is -2.63. The van der Waals surface area contributed by atoms with E-state index in [0.29, 0.717) is 37.8 Å². The molecule has 0 saturated carbocycles. The number of aliphatic carboxylic acids is 1. The zero-order chi connectivity index (χ0) is 30.1. The van der Waals surface area contributed by atoms with Crippen molar-refractivity contribution in [2.45, 2.75) is 110 Å². The van der Waals surface area contributed by atoms with Crippen LogP contribution >= 0.6 is 0 Å². The molecule has 0 aromatic rings. The molecule has 40 heavy (non-hydrogen) atoms. The van der Waals surface area contributed by atoms with Gasteiger partial charge >= 0.3 is 35.8 Å². The molecular formula is C27H40O13. The molecule has 1 fully saturated rings. The monoisotopic (exact) mass is 572 g/mol. The Morgan fingerprint density at radius 1 is 0.600 bits per heavy atom. The standard InChI is InChI=1S/C27H40O13/c1-5-9-20(30)35-15-17-25(38-22(32)10-6-2)27(40-24(34)12-8-4)26(39-23(33)11-7-3)18(37-17)16-36-21(31)14-13-19(28)29/h13-14,17-18,25-27H,5-12,15-16H2,1-4H3,(H,28,29)/b14-13+/t17-,18-,25-,26-,27+/m1/s1. The summed E-state index contributed by atoms with van der Waals surface area (Å²) in [6.07, 6.45) is -3.21. The van der Waals surface area contributed by atoms with Gasteiger partial charge in [-0.3, -0.25) is 19.2 Å². The van der Waals surface area contributed by atoms with Gasteiger partial charge in [0.15, 0.2) is 18.3 Å². The lowest BCUT2D eigenvalue weighted by molar-refractivity contribution is -0.259. The van der Waals surface area contributed by atoms with Crippen LogP contribution in [-0.4, -0.2) is 84.7 Å². The molecule has 0 unspecified atom stereocenters. The highest BCUT2D eigenvalue weighted by Gasteiger charge is 2.53. The van der Waals surface area contributed by atoms with Crippen LogP contribution in [0.15, 0.2) is 12.2 Å². The quantitative estimate of drug-likeness (QED) is 0.153. The fraction of sp³-hybridized carbons (Fsp3) is 0.704. The number of carbonyl (C=O) groups is 6. The molecule has 13 heteroatoms. The molecular weight excluding hydrogens is 532 g/mol. The molecule has 0 spiro atoms. The van der Waals surface area contributed by atoms with Crippen LogP contribution in [0.5, 0.6) is 0 Å². The lowest BCUT2D eigenvalue weighted by Gasteiger charge is -2.44. The maximum atomic E-state index is 12.6. The van der Waals surface area contributed by atoms with Gasteiger partial charge in [0.05, 0.1) is 0 Å². The SMILES string of the molecule is CCCC(=O)OC[C@H]1O[C@H](COC(=O)/C=C/C(=O)O)[C@@H](OC(=O)CCC)[C@@H](OC(=O)CCC)[C@@H]1OC(=O)CCC. The van der Waals surface area contributed by atoms with E-state index in [1.54, 1.807) is 27.7 Å². The van der Waals surface area contributed by atoms with Crippen molar-refractivity contribution in [1.29, 1.82) is 0 Å². The fourth-order valence-electron chi connectivity index (χ4n) is 3.73. The topological polar surface area (TPSA) is 178 Å². The summed E-state index contributed by atoms with van der Waals surface area (Å²) < 4.78 is 33.3. The van der Waals surface area contributed by atoms with E-state index < -0.39 is 79.5 Å². The van der Waals surface area contributed by atoms with Crippen molar-refractivity contribution < 1.29 is 62.3 Å². The number of esters is 5. The van der Waals surface area contributed by atoms with Crippen LogP contribution in [0.2, 0.25) is 0 Å². The molecule has 13 nitrogen and oxygen atoms in total. The minimum absolute atomic E-state index is 0.0122. The predicted molar refractivity (Wildman–Crippen MR) is 137 cm³/mol. The molecule has 5 atom stereocenters. The molecule has 0 aromatic heterocycles. The second kappa shape index (κ2) is 18.7. The van der Waals surface area contributed by atoms with Gasteiger partial charge in [-0.25, -0.2) is 9.59 Å². The Morgan fingerprint density at radius 3 is 1.43 bits per heavy atom. The van der Waals surface area contributed by atoms with E-state index in [2.05, 4.69) is 0 Å². The molecule has 0 aromatic carbocycles. The summed E-state index contributed by atoms with van der Waals surface area (Å²) in [4.78, 5) is 72.6. The first-order chi connectivity index (χ1) is 19.1. The summed E-state index contributed by atoms with van der Waals surface area (Å²) in [7, 11) is 0. The molecule has 1 saturated heterocycles. The molecule has 1 aliphatic rings. The van der Waals surface area contributed by atoms with E-state index in [0.717, 1.165) is 0 Å². The first kappa shape index (κ1) is 34.5. The zero-order valence-corrected chi connectivity index (χ0v) is 23.5. The van der Waals surface area contributed by atoms with Gasteiger partial charge in [0, 0.05) is 37.8 Å². The second-order valence-electron chi connectivity index (χ2n) is 9.06. The molecule has 0 bridgehead atoms. The fourth-order valence-corrected chi connectivity index (χ4v) is 3.73. The van der Waals surface area contributed by atoms with Gasteiger partial charge in [-0.1, -0.05) is 27.7 Å². The van der Waals surface area contributed by atoms with Crippen molar-refractivity contribution in [2.24, 2.45) is 0 Å². The molecule has 0 radical (unpaired) electrons. The van der Waals surface area contributed by atoms with Crippen molar-refractivity contribution in [3.05, 3.63) is 12.2 Å². The van der Waals surface area contributed by atoms with E-state index in [9.17, 15) is 28.8 Å². The maximum Gasteiger partial charge on any atom is 0.331 e. The molecule has 1 N–H and O–H groups in total. The summed E-state index contributed by atoms with van der Waals surface area (Å²) in [6.45, 7) is 6.11. The first-order valence-electron chi connectivity index (χ1n) is 13.5. The normalized spacial score (nSPS) is 22.2. The Balaban J connectivity index is 3.46. The Bertz CT molecular complexity index is 897. The highest BCUT2D eigenvalue weighted by atomic mass is 16.7. The van der Waals surface area contributed by atoms with Gasteiger partial charge in [-0.2, -0.15) is 0 Å². The van der Waals surface area contributed by atoms with E-state index in [1.807, 2.05) is 0 Å². The largest absolute Gasteiger partial charge is 0.478 e. The lowest BCUT2D eigenvalue weighted by atomic mass is 9.94.